The molecule has 0 fully saturated rings. The molecular weight excluding hydrogens is 755 g/mol. The van der Waals surface area contributed by atoms with Crippen molar-refractivity contribution in [2.75, 3.05) is 0 Å². The number of aromatic nitrogens is 5. The predicted octanol–water partition coefficient (Wildman–Crippen LogP) is 14.4. The van der Waals surface area contributed by atoms with Crippen molar-refractivity contribution < 1.29 is 21.9 Å². The van der Waals surface area contributed by atoms with Gasteiger partial charge in [-0.05, 0) is 92.9 Å². The lowest BCUT2D eigenvalue weighted by Gasteiger charge is -2.13. The lowest BCUT2D eigenvalue weighted by Crippen LogP contribution is -2.10. The minimum absolute atomic E-state index is 0.145. The number of hydrogen-bond acceptors (Lipinski definition) is 3. The van der Waals surface area contributed by atoms with Crippen LogP contribution in [0.25, 0.3) is 111 Å². The van der Waals surface area contributed by atoms with Crippen molar-refractivity contribution in [3.63, 3.8) is 0 Å². The fraction of sp³-hybridized carbons (Fsp3) is 0. The second-order valence-electron chi connectivity index (χ2n) is 14.5. The van der Waals surface area contributed by atoms with Gasteiger partial charge in [-0.25, -0.2) is 0 Å². The van der Waals surface area contributed by atoms with Gasteiger partial charge >= 0.3 is 0 Å². The number of fused-ring (bicyclic) bond motifs is 6. The summed E-state index contributed by atoms with van der Waals surface area (Å²) < 4.78 is 145. The Hall–Kier alpha value is -8.41. The molecule has 3 aromatic heterocycles. The summed E-state index contributed by atoms with van der Waals surface area (Å²) in [5, 5.41) is -1.06. The molecule has 0 aliphatic rings. The lowest BCUT2D eigenvalue weighted by atomic mass is 9.92. The van der Waals surface area contributed by atoms with E-state index in [0.717, 1.165) is 48.1 Å². The number of rotatable bonds is 7. The SMILES string of the molecule is [2H]c1c([2H])c([2H])c2c(c1[2H])c1c([2H])c([2H])c([2H])c([2H])c1n2-c1nc(-c2cccc(-c3ccc(-c4cc(-c5ccccc5)cc(-c5ccccc5)c4)cc3)c2)nc(-n2c3c([2H])c([2H])c([2H])c([2H])c3c3c([2H])c([2H])c([2H])c([2H])c32)n1. The number of benzene rings is 9. The van der Waals surface area contributed by atoms with E-state index in [9.17, 15) is 5.48 Å². The van der Waals surface area contributed by atoms with Crippen LogP contribution in [0.4, 0.5) is 0 Å². The molecule has 0 radical (unpaired) electrons. The van der Waals surface area contributed by atoms with Crippen molar-refractivity contribution in [2.24, 2.45) is 0 Å². The maximum absolute atomic E-state index is 9.23. The van der Waals surface area contributed by atoms with Crippen molar-refractivity contribution >= 4 is 43.6 Å². The van der Waals surface area contributed by atoms with E-state index in [1.54, 1.807) is 18.2 Å². The Bertz CT molecular complexity index is 4170. The van der Waals surface area contributed by atoms with Gasteiger partial charge in [-0.15, -0.1) is 0 Å². The van der Waals surface area contributed by atoms with E-state index in [-0.39, 0.29) is 49.4 Å². The van der Waals surface area contributed by atoms with Gasteiger partial charge in [0, 0.05) is 27.1 Å². The van der Waals surface area contributed by atoms with Gasteiger partial charge in [0.2, 0.25) is 11.9 Å². The molecule has 5 heteroatoms. The summed E-state index contributed by atoms with van der Waals surface area (Å²) >= 11 is 0. The summed E-state index contributed by atoms with van der Waals surface area (Å²) in [4.78, 5) is 14.6. The van der Waals surface area contributed by atoms with Gasteiger partial charge in [0.1, 0.15) is 0 Å². The van der Waals surface area contributed by atoms with Crippen molar-refractivity contribution in [2.45, 2.75) is 0 Å². The monoisotopic (exact) mass is 807 g/mol. The summed E-state index contributed by atoms with van der Waals surface area (Å²) in [7, 11) is 0. The summed E-state index contributed by atoms with van der Waals surface area (Å²) in [5.74, 6) is -1.08. The van der Waals surface area contributed by atoms with Gasteiger partial charge in [-0.2, -0.15) is 15.0 Å². The van der Waals surface area contributed by atoms with Crippen molar-refractivity contribution in [1.82, 2.24) is 24.1 Å². The molecule has 5 nitrogen and oxygen atoms in total. The summed E-state index contributed by atoms with van der Waals surface area (Å²) in [6, 6.07) is 31.2. The molecule has 0 N–H and O–H groups in total. The molecule has 0 unspecified atom stereocenters. The first-order valence-corrected chi connectivity index (χ1v) is 19.6. The third-order valence-electron chi connectivity index (χ3n) is 10.9. The van der Waals surface area contributed by atoms with E-state index in [1.807, 2.05) is 66.7 Å². The molecule has 0 spiro atoms. The Kier molecular flexibility index (Phi) is 5.41. The Labute approximate surface area is 381 Å². The van der Waals surface area contributed by atoms with Gasteiger partial charge in [-0.3, -0.25) is 9.13 Å². The molecule has 0 aliphatic heterocycles. The highest BCUT2D eigenvalue weighted by atomic mass is 15.3. The van der Waals surface area contributed by atoms with E-state index in [1.165, 1.54) is 0 Å². The van der Waals surface area contributed by atoms with E-state index >= 15 is 0 Å². The number of nitrogens with zero attached hydrogens (tertiary/aromatic N) is 5. The van der Waals surface area contributed by atoms with Crippen LogP contribution in [0.1, 0.15) is 21.9 Å². The van der Waals surface area contributed by atoms with Crippen LogP contribution in [-0.2, 0) is 0 Å². The van der Waals surface area contributed by atoms with Crippen LogP contribution >= 0.6 is 0 Å². The van der Waals surface area contributed by atoms with Crippen LogP contribution in [-0.4, -0.2) is 24.1 Å². The molecule has 290 valence electrons. The third kappa shape index (κ3) is 6.06. The topological polar surface area (TPSA) is 48.5 Å². The fourth-order valence-corrected chi connectivity index (χ4v) is 8.01. The maximum atomic E-state index is 9.23. The summed E-state index contributed by atoms with van der Waals surface area (Å²) in [6.07, 6.45) is 0. The average molecular weight is 808 g/mol. The Morgan fingerprint density at radius 1 is 0.290 bits per heavy atom. The second-order valence-corrected chi connectivity index (χ2v) is 14.5. The molecule has 0 saturated carbocycles. The maximum Gasteiger partial charge on any atom is 0.240 e. The first-order valence-electron chi connectivity index (χ1n) is 27.6. The summed E-state index contributed by atoms with van der Waals surface area (Å²) in [5.41, 5.74) is 6.64. The van der Waals surface area contributed by atoms with E-state index in [0.29, 0.717) is 11.1 Å². The minimum Gasteiger partial charge on any atom is -0.278 e. The van der Waals surface area contributed by atoms with Crippen LogP contribution in [0.5, 0.6) is 0 Å². The lowest BCUT2D eigenvalue weighted by molar-refractivity contribution is 0.893. The first-order chi connectivity index (χ1) is 37.4. The van der Waals surface area contributed by atoms with Gasteiger partial charge in [-0.1, -0.05) is 176 Å². The Morgan fingerprint density at radius 2 is 0.613 bits per heavy atom. The van der Waals surface area contributed by atoms with Crippen molar-refractivity contribution in [1.29, 1.82) is 0 Å². The van der Waals surface area contributed by atoms with Crippen molar-refractivity contribution in [3.05, 3.63) is 224 Å². The molecule has 9 aromatic carbocycles. The van der Waals surface area contributed by atoms with Crippen LogP contribution in [0.15, 0.2) is 224 Å². The predicted molar refractivity (Wildman–Crippen MR) is 256 cm³/mol. The molecule has 12 rings (SSSR count). The molecule has 3 heterocycles. The zero-order valence-electron chi connectivity index (χ0n) is 48.4. The van der Waals surface area contributed by atoms with E-state index in [4.69, 9.17) is 31.4 Å². The summed E-state index contributed by atoms with van der Waals surface area (Å²) in [6.45, 7) is 0. The molecule has 62 heavy (non-hydrogen) atoms. The van der Waals surface area contributed by atoms with Gasteiger partial charge < -0.3 is 0 Å². The highest BCUT2D eigenvalue weighted by molar-refractivity contribution is 6.10. The number of hydrogen-bond donors (Lipinski definition) is 0. The zero-order valence-corrected chi connectivity index (χ0v) is 32.4. The fourth-order valence-electron chi connectivity index (χ4n) is 8.01. The molecular formula is C57H37N5. The minimum atomic E-state index is -0.699. The molecule has 0 bridgehead atoms. The van der Waals surface area contributed by atoms with Crippen LogP contribution in [0.2, 0.25) is 0 Å². The molecule has 0 atom stereocenters. The molecule has 0 amide bonds. The van der Waals surface area contributed by atoms with Gasteiger partial charge in [0.05, 0.1) is 44.0 Å². The van der Waals surface area contributed by atoms with E-state index in [2.05, 4.69) is 42.5 Å². The van der Waals surface area contributed by atoms with Crippen LogP contribution < -0.4 is 0 Å². The quantitative estimate of drug-likeness (QED) is 0.161. The molecule has 0 saturated heterocycles. The smallest absolute Gasteiger partial charge is 0.240 e. The normalized spacial score (nSPS) is 15.2. The highest BCUT2D eigenvalue weighted by Crippen LogP contribution is 2.37. The third-order valence-corrected chi connectivity index (χ3v) is 10.9. The Balaban J connectivity index is 1.12. The standard InChI is InChI=1S/C57H37N5/c1-3-16-38(17-4-1)44-35-45(39-18-5-2-6-19-39)37-46(36-44)41-32-30-40(31-33-41)42-20-15-21-43(34-42)55-58-56(61-51-26-11-7-22-47(51)48-23-8-12-27-52(48)61)60-57(59-55)62-53-28-13-9-24-49(53)50-25-10-14-29-54(50)62/h1-37H/i7D,8D,9D,10D,11D,12D,13D,14D,22D,23D,24D,25D,26D,27D,28D,29D. The molecule has 12 aromatic rings. The van der Waals surface area contributed by atoms with Crippen molar-refractivity contribution in [3.8, 4) is 67.8 Å². The van der Waals surface area contributed by atoms with E-state index < -0.39 is 109 Å². The average Bonchev–Trinajstić information content (AvgIpc) is 3.83. The Morgan fingerprint density at radius 3 is 1.03 bits per heavy atom. The van der Waals surface area contributed by atoms with Gasteiger partial charge in [0.25, 0.3) is 0 Å². The van der Waals surface area contributed by atoms with Crippen LogP contribution in [0.3, 0.4) is 0 Å². The first kappa shape index (κ1) is 22.8. The molecule has 0 aliphatic carbocycles. The largest absolute Gasteiger partial charge is 0.278 e. The second kappa shape index (κ2) is 14.7. The number of para-hydroxylation sites is 4. The van der Waals surface area contributed by atoms with Gasteiger partial charge in [0.15, 0.2) is 5.82 Å². The zero-order chi connectivity index (χ0) is 54.9. The highest BCUT2D eigenvalue weighted by Gasteiger charge is 2.20. The van der Waals surface area contributed by atoms with Crippen LogP contribution in [0, 0.1) is 0 Å².